The van der Waals surface area contributed by atoms with Gasteiger partial charge in [-0.2, -0.15) is 8.42 Å². The van der Waals surface area contributed by atoms with Crippen molar-refractivity contribution in [1.82, 2.24) is 0 Å². The highest BCUT2D eigenvalue weighted by Crippen LogP contribution is 2.33. The largest absolute Gasteiger partial charge is 0.492 e. The molecule has 0 atom stereocenters. The van der Waals surface area contributed by atoms with Crippen LogP contribution >= 0.6 is 0 Å². The van der Waals surface area contributed by atoms with E-state index in [-0.39, 0.29) is 12.4 Å². The fraction of sp³-hybridized carbons (Fsp3) is 0.154. The number of rotatable bonds is 6. The molecule has 7 nitrogen and oxygen atoms in total. The molecular weight excluding hydrogens is 317 g/mol. The molecule has 0 bridgehead atoms. The first-order valence-corrected chi connectivity index (χ1v) is 7.60. The van der Waals surface area contributed by atoms with Gasteiger partial charge in [0.1, 0.15) is 22.8 Å². The molecule has 0 unspecified atom stereocenters. The number of furan rings is 1. The molecule has 2 rings (SSSR count). The number of carbonyl (C=O) groups is 1. The minimum absolute atomic E-state index is 0.101. The number of halogens is 1. The number of anilines is 1. The lowest BCUT2D eigenvalue weighted by Gasteiger charge is -2.14. The van der Waals surface area contributed by atoms with Gasteiger partial charge in [-0.1, -0.05) is 0 Å². The van der Waals surface area contributed by atoms with Gasteiger partial charge in [-0.05, 0) is 31.2 Å². The highest BCUT2D eigenvalue weighted by atomic mass is 32.2. The predicted molar refractivity (Wildman–Crippen MR) is 74.0 cm³/mol. The number of hydrogen-bond acceptors (Lipinski definition) is 5. The summed E-state index contributed by atoms with van der Waals surface area (Å²) in [7, 11) is -4.21. The van der Waals surface area contributed by atoms with E-state index in [9.17, 15) is 17.6 Å². The van der Waals surface area contributed by atoms with Crippen LogP contribution in [0.4, 0.5) is 10.1 Å². The molecule has 118 valence electrons. The van der Waals surface area contributed by atoms with Gasteiger partial charge in [-0.15, -0.1) is 0 Å². The summed E-state index contributed by atoms with van der Waals surface area (Å²) in [4.78, 5) is 11.2. The standard InChI is InChI=1S/C13H12FNO6S/c1-2-20-9-6-5-8(14)11(13(16)17)12(9)15-22(18,19)10-4-3-7-21-10/h3-7,15H,2H2,1H3,(H,16,17). The van der Waals surface area contributed by atoms with E-state index in [4.69, 9.17) is 14.3 Å². The molecule has 0 spiro atoms. The Bertz CT molecular complexity index is 785. The smallest absolute Gasteiger partial charge is 0.340 e. The Morgan fingerprint density at radius 1 is 1.41 bits per heavy atom. The average Bonchev–Trinajstić information content (AvgIpc) is 2.96. The lowest BCUT2D eigenvalue weighted by atomic mass is 10.1. The third-order valence-corrected chi connectivity index (χ3v) is 3.86. The van der Waals surface area contributed by atoms with Crippen LogP contribution in [0.15, 0.2) is 40.0 Å². The Kier molecular flexibility index (Phi) is 4.36. The number of nitrogens with one attached hydrogen (secondary N) is 1. The molecule has 22 heavy (non-hydrogen) atoms. The molecule has 1 aromatic carbocycles. The van der Waals surface area contributed by atoms with Crippen LogP contribution in [-0.2, 0) is 10.0 Å². The average molecular weight is 329 g/mol. The van der Waals surface area contributed by atoms with Gasteiger partial charge in [0.25, 0.3) is 10.0 Å². The molecule has 2 aromatic rings. The Morgan fingerprint density at radius 3 is 2.68 bits per heavy atom. The van der Waals surface area contributed by atoms with Crippen molar-refractivity contribution in [3.05, 3.63) is 41.9 Å². The van der Waals surface area contributed by atoms with Crippen molar-refractivity contribution in [2.45, 2.75) is 12.0 Å². The summed E-state index contributed by atoms with van der Waals surface area (Å²) in [6.07, 6.45) is 1.14. The second-order valence-corrected chi connectivity index (χ2v) is 5.68. The van der Waals surface area contributed by atoms with Gasteiger partial charge < -0.3 is 14.3 Å². The van der Waals surface area contributed by atoms with E-state index in [1.54, 1.807) is 6.92 Å². The van der Waals surface area contributed by atoms with Gasteiger partial charge in [-0.3, -0.25) is 4.72 Å². The first kappa shape index (κ1) is 15.8. The third-order valence-electron chi connectivity index (χ3n) is 2.63. The summed E-state index contributed by atoms with van der Waals surface area (Å²) in [5, 5.41) is 8.68. The van der Waals surface area contributed by atoms with Gasteiger partial charge in [0.2, 0.25) is 5.09 Å². The number of ether oxygens (including phenoxy) is 1. The van der Waals surface area contributed by atoms with Crippen molar-refractivity contribution in [2.75, 3.05) is 11.3 Å². The van der Waals surface area contributed by atoms with E-state index < -0.39 is 38.2 Å². The van der Waals surface area contributed by atoms with Gasteiger partial charge in [-0.25, -0.2) is 9.18 Å². The van der Waals surface area contributed by atoms with E-state index in [2.05, 4.69) is 0 Å². The molecule has 1 aromatic heterocycles. The van der Waals surface area contributed by atoms with Gasteiger partial charge in [0.05, 0.1) is 12.9 Å². The van der Waals surface area contributed by atoms with Gasteiger partial charge in [0.15, 0.2) is 0 Å². The number of carboxylic acid groups (broad SMARTS) is 1. The molecule has 0 aliphatic rings. The normalized spacial score (nSPS) is 11.2. The quantitative estimate of drug-likeness (QED) is 0.842. The molecule has 0 saturated carbocycles. The first-order chi connectivity index (χ1) is 10.4. The second-order valence-electron chi connectivity index (χ2n) is 4.07. The van der Waals surface area contributed by atoms with Crippen LogP contribution in [0.1, 0.15) is 17.3 Å². The van der Waals surface area contributed by atoms with Crippen molar-refractivity contribution in [3.8, 4) is 5.75 Å². The molecule has 0 fully saturated rings. The summed E-state index contributed by atoms with van der Waals surface area (Å²) >= 11 is 0. The van der Waals surface area contributed by atoms with E-state index in [1.807, 2.05) is 4.72 Å². The van der Waals surface area contributed by atoms with Crippen LogP contribution < -0.4 is 9.46 Å². The van der Waals surface area contributed by atoms with E-state index >= 15 is 0 Å². The van der Waals surface area contributed by atoms with Crippen molar-refractivity contribution >= 4 is 21.7 Å². The van der Waals surface area contributed by atoms with Gasteiger partial charge in [0, 0.05) is 0 Å². The van der Waals surface area contributed by atoms with Crippen LogP contribution in [-0.4, -0.2) is 26.1 Å². The molecule has 9 heteroatoms. The van der Waals surface area contributed by atoms with E-state index in [0.29, 0.717) is 0 Å². The second kappa shape index (κ2) is 6.06. The molecular formula is C13H12FNO6S. The zero-order valence-electron chi connectivity index (χ0n) is 11.4. The summed E-state index contributed by atoms with van der Waals surface area (Å²) in [6, 6.07) is 4.55. The molecule has 0 aliphatic carbocycles. The van der Waals surface area contributed by atoms with Crippen molar-refractivity contribution in [3.63, 3.8) is 0 Å². The molecule has 0 radical (unpaired) electrons. The van der Waals surface area contributed by atoms with E-state index in [0.717, 1.165) is 18.4 Å². The molecule has 0 aliphatic heterocycles. The fourth-order valence-electron chi connectivity index (χ4n) is 1.75. The Balaban J connectivity index is 2.57. The molecule has 0 amide bonds. The Labute approximate surface area is 125 Å². The zero-order valence-corrected chi connectivity index (χ0v) is 12.2. The Morgan fingerprint density at radius 2 is 2.14 bits per heavy atom. The number of benzene rings is 1. The van der Waals surface area contributed by atoms with Gasteiger partial charge >= 0.3 is 5.97 Å². The SMILES string of the molecule is CCOc1ccc(F)c(C(=O)O)c1NS(=O)(=O)c1ccco1. The Hall–Kier alpha value is -2.55. The van der Waals surface area contributed by atoms with Crippen molar-refractivity contribution in [2.24, 2.45) is 0 Å². The molecule has 2 N–H and O–H groups in total. The number of sulfonamides is 1. The highest BCUT2D eigenvalue weighted by molar-refractivity contribution is 7.92. The van der Waals surface area contributed by atoms with Crippen LogP contribution in [0.3, 0.4) is 0 Å². The minimum atomic E-state index is -4.21. The molecule has 0 saturated heterocycles. The summed E-state index contributed by atoms with van der Waals surface area (Å²) in [5.74, 6) is -2.82. The van der Waals surface area contributed by atoms with Crippen molar-refractivity contribution in [1.29, 1.82) is 0 Å². The maximum Gasteiger partial charge on any atom is 0.340 e. The highest BCUT2D eigenvalue weighted by Gasteiger charge is 2.26. The number of aromatic carboxylic acids is 1. The lowest BCUT2D eigenvalue weighted by Crippen LogP contribution is -2.17. The summed E-state index contributed by atoms with van der Waals surface area (Å²) < 4.78 is 49.9. The van der Waals surface area contributed by atoms with E-state index in [1.165, 1.54) is 12.1 Å². The minimum Gasteiger partial charge on any atom is -0.492 e. The fourth-order valence-corrected chi connectivity index (χ4v) is 2.76. The maximum atomic E-state index is 13.7. The van der Waals surface area contributed by atoms with Crippen LogP contribution in [0.5, 0.6) is 5.75 Å². The molecule has 1 heterocycles. The third kappa shape index (κ3) is 3.03. The summed E-state index contributed by atoms with van der Waals surface area (Å²) in [5.41, 5.74) is -1.33. The first-order valence-electron chi connectivity index (χ1n) is 6.11. The zero-order chi connectivity index (χ0) is 16.3. The summed E-state index contributed by atoms with van der Waals surface area (Å²) in [6.45, 7) is 1.76. The maximum absolute atomic E-state index is 13.7. The number of carboxylic acids is 1. The topological polar surface area (TPSA) is 106 Å². The lowest BCUT2D eigenvalue weighted by molar-refractivity contribution is 0.0692. The van der Waals surface area contributed by atoms with Crippen LogP contribution in [0.2, 0.25) is 0 Å². The van der Waals surface area contributed by atoms with Crippen LogP contribution in [0.25, 0.3) is 0 Å². The van der Waals surface area contributed by atoms with Crippen molar-refractivity contribution < 1.29 is 31.9 Å². The monoisotopic (exact) mass is 329 g/mol. The number of hydrogen-bond donors (Lipinski definition) is 2. The predicted octanol–water partition coefficient (Wildman–Crippen LogP) is 2.32. The van der Waals surface area contributed by atoms with Crippen LogP contribution in [0, 0.1) is 5.82 Å².